The van der Waals surface area contributed by atoms with E-state index in [1.165, 1.54) is 0 Å². The first-order chi connectivity index (χ1) is 11.2. The van der Waals surface area contributed by atoms with Crippen molar-refractivity contribution in [3.05, 3.63) is 72.0 Å². The van der Waals surface area contributed by atoms with Gasteiger partial charge in [0.05, 0.1) is 0 Å². The van der Waals surface area contributed by atoms with Crippen molar-refractivity contribution in [1.29, 1.82) is 0 Å². The molecule has 5 heteroatoms. The molecule has 0 spiro atoms. The van der Waals surface area contributed by atoms with Crippen LogP contribution in [-0.4, -0.2) is 17.5 Å². The monoisotopic (exact) mass is 313 g/mol. The lowest BCUT2D eigenvalue weighted by Gasteiger charge is -2.22. The Morgan fingerprint density at radius 3 is 2.30 bits per heavy atom. The van der Waals surface area contributed by atoms with E-state index in [1.807, 2.05) is 42.5 Å². The highest BCUT2D eigenvalue weighted by molar-refractivity contribution is 5.64. The Kier molecular flexibility index (Phi) is 4.85. The minimum absolute atomic E-state index is 0.305. The molecule has 1 aliphatic rings. The molecule has 2 aromatic carbocycles. The fourth-order valence-electron chi connectivity index (χ4n) is 2.77. The lowest BCUT2D eigenvalue weighted by Crippen LogP contribution is -3.01. The van der Waals surface area contributed by atoms with Crippen LogP contribution in [0, 0.1) is 5.21 Å². The summed E-state index contributed by atoms with van der Waals surface area (Å²) in [6.07, 6.45) is 0.191. The zero-order valence-corrected chi connectivity index (χ0v) is 12.6. The van der Waals surface area contributed by atoms with Crippen LogP contribution in [0.2, 0.25) is 0 Å². The Hall–Kier alpha value is -2.02. The summed E-state index contributed by atoms with van der Waals surface area (Å²) in [5.41, 5.74) is 3.39. The molecular formula is C18H19NO4. The van der Waals surface area contributed by atoms with Gasteiger partial charge in [0, 0.05) is 25.0 Å². The Morgan fingerprint density at radius 2 is 1.70 bits per heavy atom. The van der Waals surface area contributed by atoms with Gasteiger partial charge in [-0.1, -0.05) is 36.9 Å². The van der Waals surface area contributed by atoms with Gasteiger partial charge in [0.25, 0.3) is 0 Å². The molecule has 3 rings (SSSR count). The first kappa shape index (κ1) is 15.9. The highest BCUT2D eigenvalue weighted by atomic mass is 17.1. The highest BCUT2D eigenvalue weighted by Crippen LogP contribution is 2.27. The molecule has 1 unspecified atom stereocenters. The number of hydrogen-bond donors (Lipinski definition) is 2. The van der Waals surface area contributed by atoms with Crippen molar-refractivity contribution in [3.63, 3.8) is 0 Å². The summed E-state index contributed by atoms with van der Waals surface area (Å²) in [4.78, 5) is 9.77. The van der Waals surface area contributed by atoms with Crippen LogP contribution in [-0.2, 0) is 9.73 Å². The van der Waals surface area contributed by atoms with Crippen LogP contribution in [0.3, 0.4) is 0 Å². The van der Waals surface area contributed by atoms with Gasteiger partial charge >= 0.3 is 0 Å². The van der Waals surface area contributed by atoms with E-state index in [2.05, 4.69) is 11.5 Å². The lowest BCUT2D eigenvalue weighted by molar-refractivity contribution is -1.00. The molecule has 120 valence electrons. The maximum Gasteiger partial charge on any atom is 0.164 e. The van der Waals surface area contributed by atoms with Crippen molar-refractivity contribution in [3.8, 4) is 11.1 Å². The second-order valence-electron chi connectivity index (χ2n) is 5.66. The van der Waals surface area contributed by atoms with E-state index in [9.17, 15) is 5.21 Å². The molecule has 1 aliphatic carbocycles. The summed E-state index contributed by atoms with van der Waals surface area (Å²) < 4.78 is 0. The Balaban J connectivity index is 1.64. The van der Waals surface area contributed by atoms with Gasteiger partial charge in [-0.05, 0) is 28.8 Å². The van der Waals surface area contributed by atoms with Crippen molar-refractivity contribution in [2.24, 2.45) is 0 Å². The van der Waals surface area contributed by atoms with Crippen LogP contribution < -0.4 is 5.23 Å². The Labute approximate surface area is 134 Å². The fourth-order valence-corrected chi connectivity index (χ4v) is 2.77. The normalized spacial score (nSPS) is 22.3. The molecule has 0 saturated heterocycles. The van der Waals surface area contributed by atoms with E-state index < -0.39 is 6.10 Å². The first-order valence-electron chi connectivity index (χ1n) is 7.51. The predicted octanol–water partition coefficient (Wildman–Crippen LogP) is 2.88. The molecule has 0 radical (unpaired) electrons. The first-order valence-corrected chi connectivity index (χ1v) is 7.51. The third-order valence-corrected chi connectivity index (χ3v) is 4.05. The molecule has 1 saturated carbocycles. The van der Waals surface area contributed by atoms with Gasteiger partial charge in [-0.25, -0.2) is 4.89 Å². The van der Waals surface area contributed by atoms with Gasteiger partial charge in [-0.3, -0.25) is 5.26 Å². The second-order valence-corrected chi connectivity index (χ2v) is 5.66. The smallest absolute Gasteiger partial charge is 0.164 e. The molecule has 0 heterocycles. The largest absolute Gasteiger partial charge is 0.595 e. The summed E-state index contributed by atoms with van der Waals surface area (Å²) >= 11 is 0. The minimum atomic E-state index is -0.451. The van der Waals surface area contributed by atoms with Crippen molar-refractivity contribution >= 4 is 5.69 Å². The Morgan fingerprint density at radius 1 is 1.04 bits per heavy atom. The highest BCUT2D eigenvalue weighted by Gasteiger charge is 2.32. The molecule has 0 amide bonds. The van der Waals surface area contributed by atoms with Gasteiger partial charge < -0.3 is 5.21 Å². The van der Waals surface area contributed by atoms with Crippen LogP contribution >= 0.6 is 0 Å². The van der Waals surface area contributed by atoms with Gasteiger partial charge in [0.1, 0.15) is 12.2 Å². The van der Waals surface area contributed by atoms with Crippen LogP contribution in [0.15, 0.2) is 66.7 Å². The van der Waals surface area contributed by atoms with Gasteiger partial charge in [0.2, 0.25) is 0 Å². The summed E-state index contributed by atoms with van der Waals surface area (Å²) in [5, 5.41) is 20.6. The maximum atomic E-state index is 12.2. The maximum absolute atomic E-state index is 12.2. The standard InChI is InChI=1S/C18H19NO4/c1-13-11-17(12-18(13)23-21)22-19(20)16-9-7-15(8-10-16)14-5-3-2-4-6-14/h2-10,17-19,21H,1,11-12H2/t17-,18-/m1/s1. The van der Waals surface area contributed by atoms with Crippen LogP contribution in [0.25, 0.3) is 11.1 Å². The van der Waals surface area contributed by atoms with Crippen molar-refractivity contribution in [1.82, 2.24) is 0 Å². The number of rotatable bonds is 5. The Bertz CT molecular complexity index is 656. The molecule has 0 aromatic heterocycles. The van der Waals surface area contributed by atoms with E-state index in [1.54, 1.807) is 12.1 Å². The fraction of sp³-hybridized carbons (Fsp3) is 0.222. The molecule has 0 aliphatic heterocycles. The average Bonchev–Trinajstić information content (AvgIpc) is 2.95. The quantitative estimate of drug-likeness (QED) is 0.506. The molecule has 3 atom stereocenters. The van der Waals surface area contributed by atoms with Crippen LogP contribution in [0.1, 0.15) is 12.8 Å². The second kappa shape index (κ2) is 7.04. The van der Waals surface area contributed by atoms with E-state index in [4.69, 9.17) is 10.1 Å². The average molecular weight is 313 g/mol. The third-order valence-electron chi connectivity index (χ3n) is 4.05. The molecule has 2 aromatic rings. The topological polar surface area (TPSA) is 66.2 Å². The van der Waals surface area contributed by atoms with Crippen molar-refractivity contribution in [2.75, 3.05) is 0 Å². The molecule has 23 heavy (non-hydrogen) atoms. The van der Waals surface area contributed by atoms with Crippen molar-refractivity contribution < 1.29 is 20.2 Å². The molecule has 5 nitrogen and oxygen atoms in total. The molecular weight excluding hydrogens is 294 g/mol. The van der Waals surface area contributed by atoms with E-state index in [0.29, 0.717) is 18.5 Å². The zero-order valence-electron chi connectivity index (χ0n) is 12.6. The zero-order chi connectivity index (χ0) is 16.2. The lowest BCUT2D eigenvalue weighted by atomic mass is 10.1. The van der Waals surface area contributed by atoms with E-state index in [0.717, 1.165) is 16.7 Å². The molecule has 2 N–H and O–H groups in total. The number of hydrogen-bond acceptors (Lipinski definition) is 4. The van der Waals surface area contributed by atoms with Crippen molar-refractivity contribution in [2.45, 2.75) is 25.0 Å². The van der Waals surface area contributed by atoms with E-state index >= 15 is 0 Å². The predicted molar refractivity (Wildman–Crippen MR) is 86.6 cm³/mol. The number of nitrogens with one attached hydrogen (secondary N) is 1. The minimum Gasteiger partial charge on any atom is -0.595 e. The third kappa shape index (κ3) is 3.67. The van der Waals surface area contributed by atoms with Gasteiger partial charge in [0.15, 0.2) is 5.69 Å². The number of quaternary nitrogens is 1. The molecule has 0 bridgehead atoms. The number of benzene rings is 2. The van der Waals surface area contributed by atoms with Gasteiger partial charge in [-0.15, -0.1) is 0 Å². The van der Waals surface area contributed by atoms with Crippen LogP contribution in [0.5, 0.6) is 0 Å². The summed E-state index contributed by atoms with van der Waals surface area (Å²) in [7, 11) is 0. The molecule has 1 fully saturated rings. The SMILES string of the molecule is C=C1C[C@@H](O[NH+]([O-])c2ccc(-c3ccccc3)cc2)C[C@H]1OO. The summed E-state index contributed by atoms with van der Waals surface area (Å²) in [6.45, 7) is 3.81. The van der Waals surface area contributed by atoms with E-state index in [-0.39, 0.29) is 11.3 Å². The summed E-state index contributed by atoms with van der Waals surface area (Å²) in [5.74, 6) is 0. The van der Waals surface area contributed by atoms with Gasteiger partial charge in [-0.2, -0.15) is 10.1 Å². The summed E-state index contributed by atoms with van der Waals surface area (Å²) in [6, 6.07) is 17.3. The van der Waals surface area contributed by atoms with Crippen LogP contribution in [0.4, 0.5) is 5.69 Å².